The Bertz CT molecular complexity index is 670. The molecule has 1 fully saturated rings. The standard InChI is InChI=1S/C12H12N2O3S/c1-18(15,16)11-5-4-9(6-13-11)10-7-17-12(14-10)8-2-3-8/h4-8H,2-3H2,1H3. The van der Waals surface area contributed by atoms with Crippen molar-refractivity contribution < 1.29 is 12.8 Å². The van der Waals surface area contributed by atoms with E-state index in [1.54, 1.807) is 12.3 Å². The first-order valence-corrected chi connectivity index (χ1v) is 7.55. The molecule has 0 aliphatic heterocycles. The Hall–Kier alpha value is -1.69. The van der Waals surface area contributed by atoms with E-state index in [4.69, 9.17) is 4.42 Å². The van der Waals surface area contributed by atoms with Gasteiger partial charge in [-0.3, -0.25) is 0 Å². The van der Waals surface area contributed by atoms with Crippen molar-refractivity contribution in [3.05, 3.63) is 30.5 Å². The second-order valence-electron chi connectivity index (χ2n) is 4.50. The van der Waals surface area contributed by atoms with Crippen LogP contribution in [0.2, 0.25) is 0 Å². The number of hydrogen-bond donors (Lipinski definition) is 0. The van der Waals surface area contributed by atoms with E-state index in [9.17, 15) is 8.42 Å². The predicted octanol–water partition coefficient (Wildman–Crippen LogP) is 2.02. The maximum absolute atomic E-state index is 11.3. The molecule has 0 N–H and O–H groups in total. The van der Waals surface area contributed by atoms with Crippen LogP contribution in [0.1, 0.15) is 24.7 Å². The highest BCUT2D eigenvalue weighted by Crippen LogP contribution is 2.40. The van der Waals surface area contributed by atoms with Gasteiger partial charge in [-0.1, -0.05) is 0 Å². The quantitative estimate of drug-likeness (QED) is 0.848. The Kier molecular flexibility index (Phi) is 2.48. The zero-order valence-electron chi connectivity index (χ0n) is 9.83. The van der Waals surface area contributed by atoms with Crippen LogP contribution in [-0.4, -0.2) is 24.6 Å². The van der Waals surface area contributed by atoms with Crippen LogP contribution in [0.25, 0.3) is 11.3 Å². The van der Waals surface area contributed by atoms with E-state index in [1.807, 2.05) is 0 Å². The average Bonchev–Trinajstić information content (AvgIpc) is 3.06. The third-order valence-electron chi connectivity index (χ3n) is 2.86. The molecule has 2 aromatic rings. The summed E-state index contributed by atoms with van der Waals surface area (Å²) < 4.78 is 28.0. The maximum atomic E-state index is 11.3. The van der Waals surface area contributed by atoms with Crippen LogP contribution in [0.3, 0.4) is 0 Å². The Morgan fingerprint density at radius 1 is 1.33 bits per heavy atom. The van der Waals surface area contributed by atoms with Gasteiger partial charge in [-0.05, 0) is 25.0 Å². The number of pyridine rings is 1. The minimum absolute atomic E-state index is 0.0668. The second kappa shape index (κ2) is 3.91. The average molecular weight is 264 g/mol. The first-order chi connectivity index (χ1) is 8.54. The van der Waals surface area contributed by atoms with E-state index in [0.29, 0.717) is 11.6 Å². The normalized spacial score (nSPS) is 15.8. The van der Waals surface area contributed by atoms with Gasteiger partial charge >= 0.3 is 0 Å². The van der Waals surface area contributed by atoms with Gasteiger partial charge in [0, 0.05) is 23.9 Å². The van der Waals surface area contributed by atoms with Crippen molar-refractivity contribution >= 4 is 9.84 Å². The maximum Gasteiger partial charge on any atom is 0.197 e. The summed E-state index contributed by atoms with van der Waals surface area (Å²) in [6.45, 7) is 0. The van der Waals surface area contributed by atoms with Crippen LogP contribution in [-0.2, 0) is 9.84 Å². The molecule has 2 aromatic heterocycles. The van der Waals surface area contributed by atoms with E-state index in [0.717, 1.165) is 30.6 Å². The van der Waals surface area contributed by atoms with E-state index >= 15 is 0 Å². The Labute approximate surface area is 105 Å². The number of oxazole rings is 1. The monoisotopic (exact) mass is 264 g/mol. The summed E-state index contributed by atoms with van der Waals surface area (Å²) in [4.78, 5) is 8.30. The van der Waals surface area contributed by atoms with Gasteiger partial charge in [0.15, 0.2) is 20.8 Å². The van der Waals surface area contributed by atoms with Crippen molar-refractivity contribution in [1.29, 1.82) is 0 Å². The molecule has 3 rings (SSSR count). The van der Waals surface area contributed by atoms with Gasteiger partial charge in [0.2, 0.25) is 0 Å². The topological polar surface area (TPSA) is 73.1 Å². The molecule has 0 atom stereocenters. The first kappa shape index (κ1) is 11.4. The SMILES string of the molecule is CS(=O)(=O)c1ccc(-c2coc(C3CC3)n2)cn1. The minimum atomic E-state index is -3.25. The van der Waals surface area contributed by atoms with Crippen molar-refractivity contribution in [2.45, 2.75) is 23.8 Å². The Balaban J connectivity index is 1.91. The number of hydrogen-bond acceptors (Lipinski definition) is 5. The lowest BCUT2D eigenvalue weighted by Crippen LogP contribution is -1.99. The molecule has 0 amide bonds. The minimum Gasteiger partial charge on any atom is -0.448 e. The summed E-state index contributed by atoms with van der Waals surface area (Å²) >= 11 is 0. The molecule has 0 spiro atoms. The van der Waals surface area contributed by atoms with E-state index in [1.165, 1.54) is 12.3 Å². The molecule has 1 aliphatic carbocycles. The van der Waals surface area contributed by atoms with Gasteiger partial charge < -0.3 is 4.42 Å². The lowest BCUT2D eigenvalue weighted by Gasteiger charge is -1.98. The van der Waals surface area contributed by atoms with Crippen molar-refractivity contribution in [3.63, 3.8) is 0 Å². The molecule has 0 radical (unpaired) electrons. The lowest BCUT2D eigenvalue weighted by molar-refractivity contribution is 0.497. The third-order valence-corrected chi connectivity index (χ3v) is 3.86. The van der Waals surface area contributed by atoms with Crippen LogP contribution in [0, 0.1) is 0 Å². The first-order valence-electron chi connectivity index (χ1n) is 5.66. The molecule has 5 nitrogen and oxygen atoms in total. The zero-order valence-corrected chi connectivity index (χ0v) is 10.6. The number of nitrogens with zero attached hydrogens (tertiary/aromatic N) is 2. The van der Waals surface area contributed by atoms with Crippen molar-refractivity contribution in [3.8, 4) is 11.3 Å². The molecule has 0 saturated heterocycles. The highest BCUT2D eigenvalue weighted by molar-refractivity contribution is 7.90. The Morgan fingerprint density at radius 2 is 2.11 bits per heavy atom. The van der Waals surface area contributed by atoms with E-state index < -0.39 is 9.84 Å². The summed E-state index contributed by atoms with van der Waals surface area (Å²) in [6.07, 6.45) is 6.49. The van der Waals surface area contributed by atoms with Crippen molar-refractivity contribution in [2.75, 3.05) is 6.26 Å². The van der Waals surface area contributed by atoms with Crippen LogP contribution in [0.15, 0.2) is 34.0 Å². The predicted molar refractivity (Wildman–Crippen MR) is 64.8 cm³/mol. The molecular weight excluding hydrogens is 252 g/mol. The highest BCUT2D eigenvalue weighted by atomic mass is 32.2. The molecule has 0 aromatic carbocycles. The van der Waals surface area contributed by atoms with E-state index in [2.05, 4.69) is 9.97 Å². The van der Waals surface area contributed by atoms with Crippen LogP contribution in [0.5, 0.6) is 0 Å². The van der Waals surface area contributed by atoms with Gasteiger partial charge in [0.05, 0.1) is 0 Å². The summed E-state index contributed by atoms with van der Waals surface area (Å²) in [5.41, 5.74) is 1.46. The van der Waals surface area contributed by atoms with Crippen LogP contribution >= 0.6 is 0 Å². The summed E-state index contributed by atoms with van der Waals surface area (Å²) in [5.74, 6) is 1.22. The van der Waals surface area contributed by atoms with Gasteiger partial charge in [0.1, 0.15) is 12.0 Å². The molecule has 0 bridgehead atoms. The molecule has 2 heterocycles. The fraction of sp³-hybridized carbons (Fsp3) is 0.333. The lowest BCUT2D eigenvalue weighted by atomic mass is 10.2. The second-order valence-corrected chi connectivity index (χ2v) is 6.47. The largest absolute Gasteiger partial charge is 0.448 e. The highest BCUT2D eigenvalue weighted by Gasteiger charge is 2.28. The number of sulfone groups is 1. The summed E-state index contributed by atoms with van der Waals surface area (Å²) in [6, 6.07) is 3.17. The molecular formula is C12H12N2O3S. The fourth-order valence-corrected chi connectivity index (χ4v) is 2.25. The van der Waals surface area contributed by atoms with Gasteiger partial charge in [-0.15, -0.1) is 0 Å². The van der Waals surface area contributed by atoms with Gasteiger partial charge in [-0.25, -0.2) is 18.4 Å². The molecule has 94 valence electrons. The Morgan fingerprint density at radius 3 is 2.67 bits per heavy atom. The molecule has 18 heavy (non-hydrogen) atoms. The molecule has 1 saturated carbocycles. The zero-order chi connectivity index (χ0) is 12.8. The summed E-state index contributed by atoms with van der Waals surface area (Å²) in [7, 11) is -3.25. The molecule has 6 heteroatoms. The van der Waals surface area contributed by atoms with Crippen LogP contribution in [0.4, 0.5) is 0 Å². The van der Waals surface area contributed by atoms with E-state index in [-0.39, 0.29) is 5.03 Å². The van der Waals surface area contributed by atoms with Crippen molar-refractivity contribution in [1.82, 2.24) is 9.97 Å². The molecule has 1 aliphatic rings. The number of aromatic nitrogens is 2. The number of rotatable bonds is 3. The third kappa shape index (κ3) is 2.15. The molecule has 0 unspecified atom stereocenters. The summed E-state index contributed by atoms with van der Waals surface area (Å²) in [5, 5.41) is 0.0668. The smallest absolute Gasteiger partial charge is 0.197 e. The fourth-order valence-electron chi connectivity index (χ4n) is 1.69. The van der Waals surface area contributed by atoms with Gasteiger partial charge in [-0.2, -0.15) is 0 Å². The van der Waals surface area contributed by atoms with Crippen LogP contribution < -0.4 is 0 Å². The van der Waals surface area contributed by atoms with Gasteiger partial charge in [0.25, 0.3) is 0 Å². The van der Waals surface area contributed by atoms with Crippen molar-refractivity contribution in [2.24, 2.45) is 0 Å².